The molecule has 74 valence electrons. The average Bonchev–Trinajstić information content (AvgIpc) is 2.64. The maximum Gasteiger partial charge on any atom is 0.233 e. The van der Waals surface area contributed by atoms with Crippen molar-refractivity contribution in [3.63, 3.8) is 0 Å². The highest BCUT2D eigenvalue weighted by atomic mass is 16.3. The van der Waals surface area contributed by atoms with Crippen LogP contribution in [0.2, 0.25) is 0 Å². The number of hydrogen-bond donors (Lipinski definition) is 2. The molecule has 0 aliphatic rings. The number of nitrogens with zero attached hydrogens (tertiary/aromatic N) is 3. The molecule has 1 atom stereocenters. The quantitative estimate of drug-likeness (QED) is 0.723. The molecule has 0 radical (unpaired) electrons. The summed E-state index contributed by atoms with van der Waals surface area (Å²) in [6.07, 6.45) is 6.90. The van der Waals surface area contributed by atoms with Gasteiger partial charge in [0.1, 0.15) is 0 Å². The van der Waals surface area contributed by atoms with Crippen LogP contribution in [0, 0.1) is 0 Å². The van der Waals surface area contributed by atoms with Gasteiger partial charge in [-0.15, -0.1) is 0 Å². The van der Waals surface area contributed by atoms with Crippen LogP contribution in [-0.2, 0) is 0 Å². The van der Waals surface area contributed by atoms with E-state index in [2.05, 4.69) is 9.97 Å². The molecule has 5 nitrogen and oxygen atoms in total. The minimum atomic E-state index is -0.542. The number of aromatic nitrogens is 3. The Morgan fingerprint density at radius 1 is 1.50 bits per heavy atom. The summed E-state index contributed by atoms with van der Waals surface area (Å²) in [5.41, 5.74) is 6.12. The molecule has 2 rings (SSSR count). The predicted octanol–water partition coefficient (Wildman–Crippen LogP) is 0.112. The largest absolute Gasteiger partial charge is 0.388 e. The van der Waals surface area contributed by atoms with E-state index in [0.29, 0.717) is 18.7 Å². The Labute approximate surface area is 81.2 Å². The summed E-state index contributed by atoms with van der Waals surface area (Å²) in [6, 6.07) is 0. The third-order valence-electron chi connectivity index (χ3n) is 2.09. The van der Waals surface area contributed by atoms with Crippen molar-refractivity contribution in [1.82, 2.24) is 14.4 Å². The first-order valence-electron chi connectivity index (χ1n) is 4.48. The first-order valence-corrected chi connectivity index (χ1v) is 4.48. The molecule has 2 aromatic heterocycles. The van der Waals surface area contributed by atoms with Crippen LogP contribution >= 0.6 is 0 Å². The number of imidazole rings is 1. The SMILES string of the molecule is NCCC(O)c1cnc2nccn2c1. The van der Waals surface area contributed by atoms with Gasteiger partial charge in [0.2, 0.25) is 5.78 Å². The minimum absolute atomic E-state index is 0.461. The van der Waals surface area contributed by atoms with E-state index < -0.39 is 6.10 Å². The number of fused-ring (bicyclic) bond motifs is 1. The molecular weight excluding hydrogens is 180 g/mol. The third-order valence-corrected chi connectivity index (χ3v) is 2.09. The van der Waals surface area contributed by atoms with Crippen LogP contribution in [0.4, 0.5) is 0 Å². The molecule has 0 fully saturated rings. The van der Waals surface area contributed by atoms with E-state index in [0.717, 1.165) is 5.56 Å². The zero-order valence-corrected chi connectivity index (χ0v) is 7.67. The molecular formula is C9H12N4O. The van der Waals surface area contributed by atoms with Gasteiger partial charge in [-0.2, -0.15) is 0 Å². The van der Waals surface area contributed by atoms with Gasteiger partial charge < -0.3 is 10.8 Å². The molecule has 0 spiro atoms. The number of hydrogen-bond acceptors (Lipinski definition) is 4. The molecule has 0 aliphatic heterocycles. The fourth-order valence-corrected chi connectivity index (χ4v) is 1.33. The number of aliphatic hydroxyl groups is 1. The van der Waals surface area contributed by atoms with Crippen LogP contribution in [-0.4, -0.2) is 26.0 Å². The first-order chi connectivity index (χ1) is 6.81. The number of rotatable bonds is 3. The van der Waals surface area contributed by atoms with Gasteiger partial charge in [-0.25, -0.2) is 9.97 Å². The minimum Gasteiger partial charge on any atom is -0.388 e. The number of aliphatic hydroxyl groups excluding tert-OH is 1. The van der Waals surface area contributed by atoms with Gasteiger partial charge in [0, 0.05) is 30.4 Å². The summed E-state index contributed by atoms with van der Waals surface area (Å²) in [6.45, 7) is 0.461. The van der Waals surface area contributed by atoms with Crippen LogP contribution in [0.5, 0.6) is 0 Å². The van der Waals surface area contributed by atoms with Crippen LogP contribution in [0.15, 0.2) is 24.8 Å². The van der Waals surface area contributed by atoms with Gasteiger partial charge >= 0.3 is 0 Å². The van der Waals surface area contributed by atoms with E-state index in [4.69, 9.17) is 5.73 Å². The Morgan fingerprint density at radius 2 is 2.36 bits per heavy atom. The van der Waals surface area contributed by atoms with E-state index in [1.165, 1.54) is 0 Å². The van der Waals surface area contributed by atoms with Crippen molar-refractivity contribution in [3.05, 3.63) is 30.4 Å². The van der Waals surface area contributed by atoms with Gasteiger partial charge in [0.15, 0.2) is 0 Å². The predicted molar refractivity (Wildman–Crippen MR) is 51.6 cm³/mol. The maximum atomic E-state index is 9.66. The van der Waals surface area contributed by atoms with Gasteiger partial charge in [0.25, 0.3) is 0 Å². The lowest BCUT2D eigenvalue weighted by atomic mass is 10.1. The van der Waals surface area contributed by atoms with Crippen molar-refractivity contribution in [1.29, 1.82) is 0 Å². The summed E-state index contributed by atoms with van der Waals surface area (Å²) < 4.78 is 1.77. The van der Waals surface area contributed by atoms with Crippen LogP contribution < -0.4 is 5.73 Å². The van der Waals surface area contributed by atoms with E-state index in [1.54, 1.807) is 23.0 Å². The van der Waals surface area contributed by atoms with Gasteiger partial charge in [-0.3, -0.25) is 4.40 Å². The molecule has 0 aromatic carbocycles. The highest BCUT2D eigenvalue weighted by molar-refractivity contribution is 5.29. The monoisotopic (exact) mass is 192 g/mol. The molecule has 14 heavy (non-hydrogen) atoms. The standard InChI is InChI=1S/C9H12N4O/c10-2-1-8(14)7-5-12-9-11-3-4-13(9)6-7/h3-6,8,14H,1-2,10H2. The Balaban J connectivity index is 2.33. The first kappa shape index (κ1) is 9.11. The summed E-state index contributed by atoms with van der Waals surface area (Å²) in [5, 5.41) is 9.66. The Kier molecular flexibility index (Phi) is 2.43. The van der Waals surface area contributed by atoms with Crippen molar-refractivity contribution >= 4 is 5.78 Å². The Hall–Kier alpha value is -1.46. The van der Waals surface area contributed by atoms with Gasteiger partial charge in [-0.05, 0) is 13.0 Å². The fourth-order valence-electron chi connectivity index (χ4n) is 1.33. The fraction of sp³-hybridized carbons (Fsp3) is 0.333. The highest BCUT2D eigenvalue weighted by Crippen LogP contribution is 2.14. The van der Waals surface area contributed by atoms with Gasteiger partial charge in [0.05, 0.1) is 6.10 Å². The van der Waals surface area contributed by atoms with Crippen molar-refractivity contribution in [3.8, 4) is 0 Å². The second-order valence-corrected chi connectivity index (χ2v) is 3.11. The lowest BCUT2D eigenvalue weighted by Crippen LogP contribution is -2.07. The molecule has 0 saturated heterocycles. The molecule has 2 aromatic rings. The number of nitrogens with two attached hydrogens (primary N) is 1. The van der Waals surface area contributed by atoms with Crippen molar-refractivity contribution < 1.29 is 5.11 Å². The summed E-state index contributed by atoms with van der Waals surface area (Å²) in [5.74, 6) is 0.633. The Bertz CT molecular complexity index is 425. The summed E-state index contributed by atoms with van der Waals surface area (Å²) in [4.78, 5) is 8.11. The van der Waals surface area contributed by atoms with Crippen LogP contribution in [0.1, 0.15) is 18.1 Å². The average molecular weight is 192 g/mol. The van der Waals surface area contributed by atoms with Crippen molar-refractivity contribution in [2.75, 3.05) is 6.54 Å². The van der Waals surface area contributed by atoms with Gasteiger partial charge in [-0.1, -0.05) is 0 Å². The highest BCUT2D eigenvalue weighted by Gasteiger charge is 2.07. The van der Waals surface area contributed by atoms with E-state index >= 15 is 0 Å². The zero-order valence-electron chi connectivity index (χ0n) is 7.67. The van der Waals surface area contributed by atoms with Crippen molar-refractivity contribution in [2.45, 2.75) is 12.5 Å². The molecule has 1 unspecified atom stereocenters. The molecule has 2 heterocycles. The summed E-state index contributed by atoms with van der Waals surface area (Å²) >= 11 is 0. The summed E-state index contributed by atoms with van der Waals surface area (Å²) in [7, 11) is 0. The molecule has 0 saturated carbocycles. The van der Waals surface area contributed by atoms with E-state index in [1.807, 2.05) is 6.20 Å². The van der Waals surface area contributed by atoms with Crippen LogP contribution in [0.25, 0.3) is 5.78 Å². The topological polar surface area (TPSA) is 76.4 Å². The smallest absolute Gasteiger partial charge is 0.233 e. The van der Waals surface area contributed by atoms with E-state index in [9.17, 15) is 5.11 Å². The molecule has 0 amide bonds. The van der Waals surface area contributed by atoms with E-state index in [-0.39, 0.29) is 0 Å². The second kappa shape index (κ2) is 3.73. The molecule has 5 heteroatoms. The third kappa shape index (κ3) is 1.59. The molecule has 0 aliphatic carbocycles. The zero-order chi connectivity index (χ0) is 9.97. The Morgan fingerprint density at radius 3 is 3.14 bits per heavy atom. The lowest BCUT2D eigenvalue weighted by molar-refractivity contribution is 0.169. The second-order valence-electron chi connectivity index (χ2n) is 3.11. The maximum absolute atomic E-state index is 9.66. The molecule has 0 bridgehead atoms. The lowest BCUT2D eigenvalue weighted by Gasteiger charge is -2.08. The van der Waals surface area contributed by atoms with Crippen LogP contribution in [0.3, 0.4) is 0 Å². The molecule has 3 N–H and O–H groups in total. The normalized spacial score (nSPS) is 13.3. The van der Waals surface area contributed by atoms with Crippen molar-refractivity contribution in [2.24, 2.45) is 5.73 Å².